The van der Waals surface area contributed by atoms with Crippen LogP contribution >= 0.6 is 15.9 Å². The zero-order chi connectivity index (χ0) is 14.7. The Hall–Kier alpha value is -2.15. The van der Waals surface area contributed by atoms with Gasteiger partial charge in [-0.05, 0) is 34.5 Å². The van der Waals surface area contributed by atoms with Crippen LogP contribution in [0.15, 0.2) is 41.1 Å². The lowest BCUT2D eigenvalue weighted by atomic mass is 10.2. The lowest BCUT2D eigenvalue weighted by Gasteiger charge is -2.12. The number of nitrogens with zero attached hydrogens (tertiary/aromatic N) is 2. The van der Waals surface area contributed by atoms with Crippen molar-refractivity contribution in [2.75, 3.05) is 11.9 Å². The predicted octanol–water partition coefficient (Wildman–Crippen LogP) is 2.33. The highest BCUT2D eigenvalue weighted by Crippen LogP contribution is 2.23. The van der Waals surface area contributed by atoms with Crippen molar-refractivity contribution < 1.29 is 9.53 Å². The quantitative estimate of drug-likeness (QED) is 0.886. The van der Waals surface area contributed by atoms with Crippen LogP contribution in [0.1, 0.15) is 6.42 Å². The molecule has 3 rings (SSSR count). The van der Waals surface area contributed by atoms with Gasteiger partial charge >= 0.3 is 6.01 Å². The Morgan fingerprint density at radius 1 is 1.33 bits per heavy atom. The maximum atomic E-state index is 11.6. The minimum absolute atomic E-state index is 0.0255. The zero-order valence-corrected chi connectivity index (χ0v) is 12.6. The maximum Gasteiger partial charge on any atom is 0.321 e. The molecule has 6 nitrogen and oxygen atoms in total. The monoisotopic (exact) mass is 348 g/mol. The fraction of sp³-hybridized carbons (Fsp3) is 0.214. The number of benzene rings is 1. The first-order valence-electron chi connectivity index (χ1n) is 6.50. The molecule has 2 aromatic rings. The van der Waals surface area contributed by atoms with Crippen molar-refractivity contribution in [1.29, 1.82) is 0 Å². The van der Waals surface area contributed by atoms with Crippen molar-refractivity contribution in [3.05, 3.63) is 41.1 Å². The number of anilines is 1. The van der Waals surface area contributed by atoms with Gasteiger partial charge in [-0.3, -0.25) is 4.79 Å². The van der Waals surface area contributed by atoms with Gasteiger partial charge in [0.1, 0.15) is 11.8 Å². The number of halogens is 1. The summed E-state index contributed by atoms with van der Waals surface area (Å²) in [7, 11) is 0. The van der Waals surface area contributed by atoms with E-state index in [-0.39, 0.29) is 18.0 Å². The molecular weight excluding hydrogens is 336 g/mol. The van der Waals surface area contributed by atoms with Gasteiger partial charge in [-0.25, -0.2) is 9.97 Å². The Morgan fingerprint density at radius 3 is 2.86 bits per heavy atom. The van der Waals surface area contributed by atoms with Crippen molar-refractivity contribution in [2.45, 2.75) is 12.5 Å². The molecule has 0 bridgehead atoms. The average Bonchev–Trinajstić information content (AvgIpc) is 2.87. The summed E-state index contributed by atoms with van der Waals surface area (Å²) in [6.07, 6.45) is 4.01. The fourth-order valence-corrected chi connectivity index (χ4v) is 2.25. The van der Waals surface area contributed by atoms with Gasteiger partial charge < -0.3 is 15.4 Å². The lowest BCUT2D eigenvalue weighted by Crippen LogP contribution is -2.29. The van der Waals surface area contributed by atoms with Crippen LogP contribution in [0.25, 0.3) is 0 Å². The molecule has 1 atom stereocenters. The second kappa shape index (κ2) is 6.09. The molecule has 2 heterocycles. The van der Waals surface area contributed by atoms with Crippen molar-refractivity contribution in [3.63, 3.8) is 0 Å². The number of nitrogens with one attached hydrogen (secondary N) is 2. The number of hydrogen-bond acceptors (Lipinski definition) is 5. The van der Waals surface area contributed by atoms with Crippen LogP contribution in [0.5, 0.6) is 11.8 Å². The molecule has 1 aliphatic rings. The molecule has 1 amide bonds. The Balaban J connectivity index is 1.70. The first-order valence-corrected chi connectivity index (χ1v) is 7.30. The van der Waals surface area contributed by atoms with Gasteiger partial charge in [-0.1, -0.05) is 6.07 Å². The number of carbonyl (C=O) groups excluding carboxylic acids is 1. The molecule has 0 aliphatic carbocycles. The molecule has 1 aromatic carbocycles. The summed E-state index contributed by atoms with van der Waals surface area (Å²) in [5, 5.41) is 5.98. The third-order valence-electron chi connectivity index (χ3n) is 3.03. The van der Waals surface area contributed by atoms with Gasteiger partial charge in [0, 0.05) is 30.7 Å². The number of aromatic nitrogens is 2. The normalized spacial score (nSPS) is 17.4. The van der Waals surface area contributed by atoms with E-state index in [9.17, 15) is 4.79 Å². The standard InChI is InChI=1S/C14H13BrN4O2/c15-9-7-17-14(18-8-9)21-11-3-1-2-10(6-11)19-12-4-5-16-13(12)20/h1-3,6-8,12,19H,4-5H2,(H,16,20)/t12-/m1/s1. The summed E-state index contributed by atoms with van der Waals surface area (Å²) < 4.78 is 6.37. The topological polar surface area (TPSA) is 76.1 Å². The smallest absolute Gasteiger partial charge is 0.321 e. The van der Waals surface area contributed by atoms with Crippen LogP contribution in [0.2, 0.25) is 0 Å². The van der Waals surface area contributed by atoms with Crippen molar-refractivity contribution >= 4 is 27.5 Å². The minimum Gasteiger partial charge on any atom is -0.424 e. The number of carbonyl (C=O) groups is 1. The number of hydrogen-bond donors (Lipinski definition) is 2. The van der Waals surface area contributed by atoms with E-state index in [1.807, 2.05) is 24.3 Å². The molecule has 7 heteroatoms. The Bertz CT molecular complexity index is 648. The van der Waals surface area contributed by atoms with E-state index in [1.165, 1.54) is 0 Å². The predicted molar refractivity (Wildman–Crippen MR) is 81.3 cm³/mol. The summed E-state index contributed by atoms with van der Waals surface area (Å²) in [6, 6.07) is 7.45. The highest BCUT2D eigenvalue weighted by Gasteiger charge is 2.23. The van der Waals surface area contributed by atoms with Gasteiger partial charge in [0.25, 0.3) is 0 Å². The molecule has 0 saturated carbocycles. The van der Waals surface area contributed by atoms with E-state index in [0.29, 0.717) is 12.3 Å². The summed E-state index contributed by atoms with van der Waals surface area (Å²) in [4.78, 5) is 19.7. The first-order chi connectivity index (χ1) is 10.2. The fourth-order valence-electron chi connectivity index (χ4n) is 2.04. The maximum absolute atomic E-state index is 11.6. The summed E-state index contributed by atoms with van der Waals surface area (Å²) >= 11 is 3.27. The first kappa shape index (κ1) is 13.8. The number of amides is 1. The van der Waals surface area contributed by atoms with Crippen molar-refractivity contribution in [2.24, 2.45) is 0 Å². The van der Waals surface area contributed by atoms with Gasteiger partial charge in [-0.15, -0.1) is 0 Å². The summed E-state index contributed by atoms with van der Waals surface area (Å²) in [5.74, 6) is 0.637. The Kier molecular flexibility index (Phi) is 4.01. The molecule has 2 N–H and O–H groups in total. The van der Waals surface area contributed by atoms with Crippen LogP contribution in [-0.4, -0.2) is 28.5 Å². The molecule has 0 radical (unpaired) electrons. The van der Waals surface area contributed by atoms with E-state index >= 15 is 0 Å². The molecule has 21 heavy (non-hydrogen) atoms. The van der Waals surface area contributed by atoms with Crippen LogP contribution in [0.4, 0.5) is 5.69 Å². The van der Waals surface area contributed by atoms with E-state index in [4.69, 9.17) is 4.74 Å². The second-order valence-electron chi connectivity index (χ2n) is 4.59. The van der Waals surface area contributed by atoms with Crippen molar-refractivity contribution in [1.82, 2.24) is 15.3 Å². The third kappa shape index (κ3) is 3.49. The second-order valence-corrected chi connectivity index (χ2v) is 5.51. The minimum atomic E-state index is -0.191. The van der Waals surface area contributed by atoms with Gasteiger partial charge in [0.05, 0.1) is 4.47 Å². The average molecular weight is 349 g/mol. The molecule has 108 valence electrons. The molecule has 1 fully saturated rings. The highest BCUT2D eigenvalue weighted by atomic mass is 79.9. The molecule has 1 aromatic heterocycles. The van der Waals surface area contributed by atoms with Crippen LogP contribution in [0, 0.1) is 0 Å². The van der Waals surface area contributed by atoms with Crippen LogP contribution < -0.4 is 15.4 Å². The third-order valence-corrected chi connectivity index (χ3v) is 3.44. The number of ether oxygens (including phenoxy) is 1. The Labute approximate surface area is 130 Å². The molecule has 0 unspecified atom stereocenters. The van der Waals surface area contributed by atoms with Gasteiger partial charge in [-0.2, -0.15) is 0 Å². The van der Waals surface area contributed by atoms with Crippen LogP contribution in [0.3, 0.4) is 0 Å². The molecular formula is C14H13BrN4O2. The highest BCUT2D eigenvalue weighted by molar-refractivity contribution is 9.10. The Morgan fingerprint density at radius 2 is 2.14 bits per heavy atom. The van der Waals surface area contributed by atoms with Gasteiger partial charge in [0.15, 0.2) is 0 Å². The lowest BCUT2D eigenvalue weighted by molar-refractivity contribution is -0.119. The summed E-state index contributed by atoms with van der Waals surface area (Å²) in [5.41, 5.74) is 0.826. The number of rotatable bonds is 4. The SMILES string of the molecule is O=C1NCC[C@H]1Nc1cccc(Oc2ncc(Br)cn2)c1. The van der Waals surface area contributed by atoms with E-state index < -0.39 is 0 Å². The van der Waals surface area contributed by atoms with Crippen molar-refractivity contribution in [3.8, 4) is 11.8 Å². The largest absolute Gasteiger partial charge is 0.424 e. The molecule has 1 saturated heterocycles. The summed E-state index contributed by atoms with van der Waals surface area (Å²) in [6.45, 7) is 0.708. The molecule has 0 spiro atoms. The van der Waals surface area contributed by atoms with E-state index in [1.54, 1.807) is 12.4 Å². The zero-order valence-electron chi connectivity index (χ0n) is 11.0. The van der Waals surface area contributed by atoms with E-state index in [2.05, 4.69) is 36.5 Å². The van der Waals surface area contributed by atoms with Gasteiger partial charge in [0.2, 0.25) is 5.91 Å². The van der Waals surface area contributed by atoms with E-state index in [0.717, 1.165) is 16.6 Å². The van der Waals surface area contributed by atoms with Crippen LogP contribution in [-0.2, 0) is 4.79 Å². The molecule has 1 aliphatic heterocycles.